The number of carboxylic acid groups (broad SMARTS) is 2. The summed E-state index contributed by atoms with van der Waals surface area (Å²) >= 11 is 4.97. The normalized spacial score (nSPS) is 23.0. The molecule has 0 unspecified atom stereocenters. The first-order valence-electron chi connectivity index (χ1n) is 13.6. The topological polar surface area (TPSA) is 261 Å². The van der Waals surface area contributed by atoms with Gasteiger partial charge in [-0.15, -0.1) is 33.7 Å². The predicted octanol–water partition coefficient (Wildman–Crippen LogP) is -2.90. The Balaban J connectivity index is 1.03. The zero-order valence-corrected chi connectivity index (χ0v) is 27.9. The molecule has 6 heterocycles. The van der Waals surface area contributed by atoms with Gasteiger partial charge in [-0.2, -0.15) is 0 Å². The standard InChI is InChI=1S/C24H22N12O8S4/c1-33-23(27-29-31-33)47-7-9-5-45-19-13(17(39)35(19)15(9)21(41)42)25-11(37)3-4-12(38)26-14-18(40)36-16(22(43)44)10(6-46-20(14)36)8-48-24-28-30-32-34(24)2/h13-14,19-20H,5-8H2,1-2H3,(H,25,37)(H,26,38)(H,41,42)(H,43,44)/t13-,14-,19-,20-/m1/s1. The van der Waals surface area contributed by atoms with Gasteiger partial charge in [0.15, 0.2) is 0 Å². The lowest BCUT2D eigenvalue weighted by molar-refractivity contribution is -0.150. The molecule has 0 aromatic carbocycles. The third-order valence-electron chi connectivity index (χ3n) is 7.28. The molecule has 0 saturated carbocycles. The Morgan fingerprint density at radius 3 is 1.50 bits per heavy atom. The Labute approximate surface area is 286 Å². The van der Waals surface area contributed by atoms with Crippen LogP contribution in [-0.2, 0) is 42.9 Å². The smallest absolute Gasteiger partial charge is 0.352 e. The van der Waals surface area contributed by atoms with Crippen LogP contribution in [0.25, 0.3) is 0 Å². The lowest BCUT2D eigenvalue weighted by Crippen LogP contribution is -2.70. The molecule has 6 rings (SSSR count). The van der Waals surface area contributed by atoms with E-state index in [1.165, 1.54) is 56.4 Å². The number of rotatable bonds is 10. The van der Waals surface area contributed by atoms with Crippen LogP contribution in [0.2, 0.25) is 0 Å². The van der Waals surface area contributed by atoms with E-state index in [9.17, 15) is 39.0 Å². The summed E-state index contributed by atoms with van der Waals surface area (Å²) in [6, 6.07) is -2.13. The van der Waals surface area contributed by atoms with Gasteiger partial charge in [0.2, 0.25) is 10.3 Å². The molecule has 4 N–H and O–H groups in total. The maximum absolute atomic E-state index is 12.9. The first-order valence-corrected chi connectivity index (χ1v) is 17.7. The van der Waals surface area contributed by atoms with Gasteiger partial charge in [-0.1, -0.05) is 23.5 Å². The first kappa shape index (κ1) is 33.3. The number of thioether (sulfide) groups is 4. The number of fused-ring (bicyclic) bond motifs is 2. The SMILES string of the molecule is Cn1nnnc1SCC1=C(C(=O)O)N2C(=O)[C@@H](NC(=O)C#CC(=O)N[C@@H]3C(=O)N4C(C(=O)O)=C(CSc5nnnn5C)CS[C@H]34)[C@H]2SC1. The van der Waals surface area contributed by atoms with Crippen LogP contribution in [0, 0.1) is 11.8 Å². The maximum Gasteiger partial charge on any atom is 0.352 e. The maximum atomic E-state index is 12.9. The second kappa shape index (κ2) is 13.5. The minimum Gasteiger partial charge on any atom is -0.477 e. The molecule has 0 spiro atoms. The van der Waals surface area contributed by atoms with Crippen LogP contribution >= 0.6 is 47.0 Å². The molecule has 4 atom stereocenters. The largest absolute Gasteiger partial charge is 0.477 e. The fourth-order valence-electron chi connectivity index (χ4n) is 5.05. The van der Waals surface area contributed by atoms with Crippen LogP contribution in [0.4, 0.5) is 0 Å². The highest BCUT2D eigenvalue weighted by atomic mass is 32.2. The molecule has 4 amide bonds. The number of carboxylic acids is 2. The van der Waals surface area contributed by atoms with Gasteiger partial charge in [0.05, 0.1) is 0 Å². The molecule has 250 valence electrons. The van der Waals surface area contributed by atoms with Crippen LogP contribution < -0.4 is 10.6 Å². The van der Waals surface area contributed by atoms with E-state index in [2.05, 4.69) is 53.5 Å². The number of nitrogens with one attached hydrogen (secondary N) is 2. The number of aliphatic carboxylic acids is 2. The summed E-state index contributed by atoms with van der Waals surface area (Å²) in [5, 5.41) is 46.3. The number of carbonyl (C=O) groups is 6. The molecular formula is C24H22N12O8S4. The van der Waals surface area contributed by atoms with Crippen molar-refractivity contribution in [2.45, 2.75) is 33.1 Å². The summed E-state index contributed by atoms with van der Waals surface area (Å²) in [5.41, 5.74) is 0.646. The van der Waals surface area contributed by atoms with Gasteiger partial charge in [0.1, 0.15) is 34.2 Å². The Hall–Kier alpha value is -4.60. The molecular weight excluding hydrogens is 713 g/mol. The number of hydrogen-bond acceptors (Lipinski definition) is 16. The zero-order valence-electron chi connectivity index (χ0n) is 24.6. The van der Waals surface area contributed by atoms with Crippen LogP contribution in [0.15, 0.2) is 32.9 Å². The number of aromatic nitrogens is 8. The second-order valence-electron chi connectivity index (χ2n) is 10.2. The second-order valence-corrected chi connectivity index (χ2v) is 14.3. The molecule has 2 saturated heterocycles. The lowest BCUT2D eigenvalue weighted by Gasteiger charge is -2.49. The van der Waals surface area contributed by atoms with Crippen molar-refractivity contribution >= 4 is 82.6 Å². The van der Waals surface area contributed by atoms with Gasteiger partial charge in [0, 0.05) is 48.9 Å². The molecule has 20 nitrogen and oxygen atoms in total. The monoisotopic (exact) mass is 734 g/mol. The van der Waals surface area contributed by atoms with Gasteiger partial charge < -0.3 is 20.8 Å². The van der Waals surface area contributed by atoms with Crippen LogP contribution in [0.1, 0.15) is 0 Å². The number of amides is 4. The van der Waals surface area contributed by atoms with Gasteiger partial charge in [-0.05, 0) is 32.0 Å². The summed E-state index contributed by atoms with van der Waals surface area (Å²) in [4.78, 5) is 77.3. The summed E-state index contributed by atoms with van der Waals surface area (Å²) in [7, 11) is 3.28. The number of carbonyl (C=O) groups excluding carboxylic acids is 4. The van der Waals surface area contributed by atoms with E-state index in [0.717, 1.165) is 9.80 Å². The Morgan fingerprint density at radius 2 is 1.17 bits per heavy atom. The third kappa shape index (κ3) is 6.20. The molecule has 2 aromatic rings. The molecule has 2 aromatic heterocycles. The molecule has 0 radical (unpaired) electrons. The van der Waals surface area contributed by atoms with Gasteiger partial charge >= 0.3 is 11.9 Å². The number of aryl methyl sites for hydroxylation is 2. The minimum absolute atomic E-state index is 0.170. The number of hydrogen-bond donors (Lipinski definition) is 4. The molecule has 24 heteroatoms. The molecule has 4 aliphatic rings. The van der Waals surface area contributed by atoms with Crippen LogP contribution in [0.5, 0.6) is 0 Å². The van der Waals surface area contributed by atoms with Crippen molar-refractivity contribution in [2.75, 3.05) is 23.0 Å². The van der Waals surface area contributed by atoms with Crippen molar-refractivity contribution in [1.82, 2.24) is 60.8 Å². The Morgan fingerprint density at radius 1 is 0.771 bits per heavy atom. The van der Waals surface area contributed by atoms with Gasteiger partial charge in [-0.3, -0.25) is 29.0 Å². The van der Waals surface area contributed by atoms with Crippen LogP contribution in [0.3, 0.4) is 0 Å². The highest BCUT2D eigenvalue weighted by Crippen LogP contribution is 2.42. The Bertz CT molecular complexity index is 1750. The average molecular weight is 735 g/mol. The van der Waals surface area contributed by atoms with Crippen molar-refractivity contribution in [3.05, 3.63) is 22.5 Å². The lowest BCUT2D eigenvalue weighted by atomic mass is 10.0. The van der Waals surface area contributed by atoms with Gasteiger partial charge in [-0.25, -0.2) is 19.0 Å². The van der Waals surface area contributed by atoms with Crippen molar-refractivity contribution in [3.8, 4) is 11.8 Å². The van der Waals surface area contributed by atoms with E-state index in [1.807, 2.05) is 0 Å². The van der Waals surface area contributed by atoms with E-state index >= 15 is 0 Å². The summed E-state index contributed by atoms with van der Waals surface area (Å²) in [6.07, 6.45) is 0. The number of tetrazole rings is 2. The van der Waals surface area contributed by atoms with E-state index < -0.39 is 58.4 Å². The molecule has 2 fully saturated rings. The number of nitrogens with zero attached hydrogens (tertiary/aromatic N) is 10. The van der Waals surface area contributed by atoms with Crippen molar-refractivity contribution in [3.63, 3.8) is 0 Å². The average Bonchev–Trinajstić information content (AvgIpc) is 3.68. The predicted molar refractivity (Wildman–Crippen MR) is 166 cm³/mol. The quantitative estimate of drug-likeness (QED) is 0.108. The first-order chi connectivity index (χ1) is 23.0. The van der Waals surface area contributed by atoms with E-state index in [0.29, 0.717) is 21.5 Å². The highest BCUT2D eigenvalue weighted by Gasteiger charge is 2.55. The van der Waals surface area contributed by atoms with Crippen molar-refractivity contribution < 1.29 is 39.0 Å². The fourth-order valence-corrected chi connectivity index (χ4v) is 9.72. The molecule has 48 heavy (non-hydrogen) atoms. The summed E-state index contributed by atoms with van der Waals surface area (Å²) in [6.45, 7) is 0. The summed E-state index contributed by atoms with van der Waals surface area (Å²) in [5.74, 6) is -0.581. The minimum atomic E-state index is -1.29. The third-order valence-corrected chi connectivity index (χ3v) is 12.1. The highest BCUT2D eigenvalue weighted by molar-refractivity contribution is 8.01. The fraction of sp³-hybridized carbons (Fsp3) is 0.417. The van der Waals surface area contributed by atoms with Crippen molar-refractivity contribution in [2.24, 2.45) is 14.1 Å². The number of β-lactam (4-membered cyclic amide) rings is 2. The summed E-state index contributed by atoms with van der Waals surface area (Å²) < 4.78 is 2.87. The Kier molecular flexibility index (Phi) is 9.36. The molecule has 0 bridgehead atoms. The van der Waals surface area contributed by atoms with Crippen molar-refractivity contribution in [1.29, 1.82) is 0 Å². The van der Waals surface area contributed by atoms with Crippen LogP contribution in [-0.4, -0.2) is 142 Å². The van der Waals surface area contributed by atoms with E-state index in [-0.39, 0.29) is 34.4 Å². The van der Waals surface area contributed by atoms with E-state index in [1.54, 1.807) is 14.1 Å². The zero-order chi connectivity index (χ0) is 34.3. The van der Waals surface area contributed by atoms with Gasteiger partial charge in [0.25, 0.3) is 23.6 Å². The molecule has 0 aliphatic carbocycles. The van der Waals surface area contributed by atoms with E-state index in [4.69, 9.17) is 0 Å². The molecule has 4 aliphatic heterocycles.